The first-order chi connectivity index (χ1) is 11.4. The van der Waals surface area contributed by atoms with Crippen molar-refractivity contribution >= 4 is 17.3 Å². The molecule has 6 heteroatoms. The van der Waals surface area contributed by atoms with Crippen LogP contribution in [0.2, 0.25) is 0 Å². The average Bonchev–Trinajstić information content (AvgIpc) is 2.54. The van der Waals surface area contributed by atoms with Gasteiger partial charge in [-0.25, -0.2) is 4.68 Å². The number of hydrogen-bond acceptors (Lipinski definition) is 4. The van der Waals surface area contributed by atoms with Gasteiger partial charge in [0.25, 0.3) is 5.56 Å². The Kier molecular flexibility index (Phi) is 5.73. The van der Waals surface area contributed by atoms with E-state index in [1.807, 2.05) is 19.1 Å². The average molecular weight is 328 g/mol. The zero-order valence-electron chi connectivity index (χ0n) is 14.7. The normalized spacial score (nSPS) is 10.5. The molecule has 2 aromatic rings. The molecular formula is C18H24N4O2. The maximum absolute atomic E-state index is 12.2. The lowest BCUT2D eigenvalue weighted by atomic mass is 10.1. The predicted octanol–water partition coefficient (Wildman–Crippen LogP) is 2.35. The van der Waals surface area contributed by atoms with Gasteiger partial charge in [-0.05, 0) is 57.5 Å². The Balaban J connectivity index is 2.11. The zero-order chi connectivity index (χ0) is 17.7. The summed E-state index contributed by atoms with van der Waals surface area (Å²) in [6.07, 6.45) is 0. The van der Waals surface area contributed by atoms with E-state index < -0.39 is 0 Å². The molecule has 1 N–H and O–H groups in total. The summed E-state index contributed by atoms with van der Waals surface area (Å²) in [6, 6.07) is 8.99. The summed E-state index contributed by atoms with van der Waals surface area (Å²) >= 11 is 0. The molecule has 1 amide bonds. The third-order valence-corrected chi connectivity index (χ3v) is 3.91. The molecule has 0 aliphatic carbocycles. The number of carbonyl (C=O) groups is 1. The Labute approximate surface area is 142 Å². The van der Waals surface area contributed by atoms with E-state index >= 15 is 0 Å². The van der Waals surface area contributed by atoms with Crippen molar-refractivity contribution in [3.05, 3.63) is 51.9 Å². The molecule has 0 saturated carbocycles. The van der Waals surface area contributed by atoms with Gasteiger partial charge in [-0.3, -0.25) is 9.59 Å². The molecule has 1 aromatic heterocycles. The van der Waals surface area contributed by atoms with E-state index in [1.165, 1.54) is 10.7 Å². The number of nitrogens with one attached hydrogen (secondary N) is 1. The Morgan fingerprint density at radius 1 is 1.17 bits per heavy atom. The summed E-state index contributed by atoms with van der Waals surface area (Å²) in [5, 5.41) is 6.92. The van der Waals surface area contributed by atoms with Crippen molar-refractivity contribution < 1.29 is 4.79 Å². The number of aromatic nitrogens is 2. The second-order valence-electron chi connectivity index (χ2n) is 5.69. The smallest absolute Gasteiger partial charge is 0.267 e. The Bertz CT molecular complexity index is 779. The first kappa shape index (κ1) is 17.7. The van der Waals surface area contributed by atoms with E-state index in [2.05, 4.69) is 35.2 Å². The Morgan fingerprint density at radius 3 is 2.50 bits per heavy atom. The highest BCUT2D eigenvalue weighted by atomic mass is 16.2. The van der Waals surface area contributed by atoms with Crippen molar-refractivity contribution in [3.63, 3.8) is 0 Å². The van der Waals surface area contributed by atoms with Crippen LogP contribution in [0.1, 0.15) is 25.1 Å². The van der Waals surface area contributed by atoms with Crippen molar-refractivity contribution in [3.8, 4) is 0 Å². The molecule has 24 heavy (non-hydrogen) atoms. The van der Waals surface area contributed by atoms with Crippen LogP contribution in [-0.4, -0.2) is 28.8 Å². The molecule has 1 heterocycles. The lowest BCUT2D eigenvalue weighted by molar-refractivity contribution is -0.117. The van der Waals surface area contributed by atoms with Crippen LogP contribution in [-0.2, 0) is 11.3 Å². The number of aryl methyl sites for hydroxylation is 2. The molecular weight excluding hydrogens is 304 g/mol. The predicted molar refractivity (Wildman–Crippen MR) is 96.6 cm³/mol. The molecule has 0 fully saturated rings. The third kappa shape index (κ3) is 4.22. The van der Waals surface area contributed by atoms with Gasteiger partial charge in [-0.1, -0.05) is 0 Å². The van der Waals surface area contributed by atoms with Gasteiger partial charge < -0.3 is 10.2 Å². The van der Waals surface area contributed by atoms with Crippen LogP contribution < -0.4 is 15.8 Å². The van der Waals surface area contributed by atoms with Crippen LogP contribution in [0.15, 0.2) is 35.1 Å². The van der Waals surface area contributed by atoms with E-state index in [0.717, 1.165) is 30.0 Å². The summed E-state index contributed by atoms with van der Waals surface area (Å²) in [7, 11) is 0. The summed E-state index contributed by atoms with van der Waals surface area (Å²) in [5.41, 5.74) is 3.27. The molecule has 6 nitrogen and oxygen atoms in total. The molecule has 1 aromatic carbocycles. The third-order valence-electron chi connectivity index (χ3n) is 3.91. The summed E-state index contributed by atoms with van der Waals surface area (Å²) in [4.78, 5) is 26.2. The SMILES string of the molecule is CCN(CC)c1ccc(NC(=O)Cn2nc(C)ccc2=O)c(C)c1. The summed E-state index contributed by atoms with van der Waals surface area (Å²) in [6.45, 7) is 9.73. The van der Waals surface area contributed by atoms with Crippen molar-refractivity contribution in [1.29, 1.82) is 0 Å². The second-order valence-corrected chi connectivity index (χ2v) is 5.69. The van der Waals surface area contributed by atoms with Gasteiger partial charge in [0.15, 0.2) is 0 Å². The minimum atomic E-state index is -0.288. The van der Waals surface area contributed by atoms with Crippen LogP contribution in [0.5, 0.6) is 0 Å². The van der Waals surface area contributed by atoms with Gasteiger partial charge in [-0.2, -0.15) is 5.10 Å². The van der Waals surface area contributed by atoms with Crippen molar-refractivity contribution in [1.82, 2.24) is 9.78 Å². The first-order valence-electron chi connectivity index (χ1n) is 8.14. The highest BCUT2D eigenvalue weighted by Crippen LogP contribution is 2.22. The lowest BCUT2D eigenvalue weighted by Gasteiger charge is -2.22. The second kappa shape index (κ2) is 7.77. The van der Waals surface area contributed by atoms with E-state index in [1.54, 1.807) is 13.0 Å². The van der Waals surface area contributed by atoms with E-state index in [0.29, 0.717) is 5.69 Å². The molecule has 2 rings (SSSR count). The maximum atomic E-state index is 12.2. The standard InChI is InChI=1S/C18H24N4O2/c1-5-21(6-2)15-8-9-16(13(3)11-15)19-17(23)12-22-18(24)10-7-14(4)20-22/h7-11H,5-6,12H2,1-4H3,(H,19,23). The number of carbonyl (C=O) groups excluding carboxylic acids is 1. The van der Waals surface area contributed by atoms with Gasteiger partial charge in [0, 0.05) is 30.5 Å². The highest BCUT2D eigenvalue weighted by molar-refractivity contribution is 5.91. The maximum Gasteiger partial charge on any atom is 0.267 e. The van der Waals surface area contributed by atoms with E-state index in [-0.39, 0.29) is 18.0 Å². The molecule has 128 valence electrons. The van der Waals surface area contributed by atoms with Gasteiger partial charge in [0.2, 0.25) is 5.91 Å². The molecule has 0 unspecified atom stereocenters. The van der Waals surface area contributed by atoms with Crippen LogP contribution in [0, 0.1) is 13.8 Å². The number of hydrogen-bond donors (Lipinski definition) is 1. The number of anilines is 2. The molecule has 0 atom stereocenters. The quantitative estimate of drug-likeness (QED) is 0.884. The van der Waals surface area contributed by atoms with Crippen molar-refractivity contribution in [2.24, 2.45) is 0 Å². The van der Waals surface area contributed by atoms with Gasteiger partial charge in [0.1, 0.15) is 6.54 Å². The fraction of sp³-hybridized carbons (Fsp3) is 0.389. The van der Waals surface area contributed by atoms with Crippen molar-refractivity contribution in [2.75, 3.05) is 23.3 Å². The van der Waals surface area contributed by atoms with Gasteiger partial charge >= 0.3 is 0 Å². The number of rotatable bonds is 6. The van der Waals surface area contributed by atoms with Crippen LogP contribution in [0.4, 0.5) is 11.4 Å². The minimum Gasteiger partial charge on any atom is -0.372 e. The minimum absolute atomic E-state index is 0.0995. The summed E-state index contributed by atoms with van der Waals surface area (Å²) < 4.78 is 1.17. The molecule has 0 aliphatic rings. The largest absolute Gasteiger partial charge is 0.372 e. The van der Waals surface area contributed by atoms with Gasteiger partial charge in [-0.15, -0.1) is 0 Å². The van der Waals surface area contributed by atoms with E-state index in [9.17, 15) is 9.59 Å². The first-order valence-corrected chi connectivity index (χ1v) is 8.14. The molecule has 0 radical (unpaired) electrons. The topological polar surface area (TPSA) is 67.2 Å². The zero-order valence-corrected chi connectivity index (χ0v) is 14.7. The Morgan fingerprint density at radius 2 is 1.88 bits per heavy atom. The van der Waals surface area contributed by atoms with E-state index in [4.69, 9.17) is 0 Å². The number of benzene rings is 1. The van der Waals surface area contributed by atoms with Crippen LogP contribution in [0.3, 0.4) is 0 Å². The number of nitrogens with zero attached hydrogens (tertiary/aromatic N) is 3. The Hall–Kier alpha value is -2.63. The molecule has 0 aliphatic heterocycles. The highest BCUT2D eigenvalue weighted by Gasteiger charge is 2.10. The summed E-state index contributed by atoms with van der Waals surface area (Å²) in [5.74, 6) is -0.270. The lowest BCUT2D eigenvalue weighted by Crippen LogP contribution is -2.29. The molecule has 0 spiro atoms. The van der Waals surface area contributed by atoms with Crippen molar-refractivity contribution in [2.45, 2.75) is 34.2 Å². The molecule has 0 bridgehead atoms. The fourth-order valence-corrected chi connectivity index (χ4v) is 2.56. The number of amides is 1. The van der Waals surface area contributed by atoms with Gasteiger partial charge in [0.05, 0.1) is 5.69 Å². The monoisotopic (exact) mass is 328 g/mol. The fourth-order valence-electron chi connectivity index (χ4n) is 2.56. The van der Waals surface area contributed by atoms with Crippen LogP contribution >= 0.6 is 0 Å². The van der Waals surface area contributed by atoms with Crippen LogP contribution in [0.25, 0.3) is 0 Å². The molecule has 0 saturated heterocycles.